The lowest BCUT2D eigenvalue weighted by Gasteiger charge is -1.98. The van der Waals surface area contributed by atoms with Gasteiger partial charge in [0.2, 0.25) is 8.14 Å². The molecule has 2 aromatic rings. The first-order valence-corrected chi connectivity index (χ1v) is 9.42. The summed E-state index contributed by atoms with van der Waals surface area (Å²) < 4.78 is 0. The topological polar surface area (TPSA) is 0 Å². The Morgan fingerprint density at radius 3 is 1.56 bits per heavy atom. The van der Waals surface area contributed by atoms with Gasteiger partial charge in [0.25, 0.3) is 0 Å². The zero-order valence-electron chi connectivity index (χ0n) is 8.79. The first-order valence-electron chi connectivity index (χ1n) is 5.15. The van der Waals surface area contributed by atoms with Crippen molar-refractivity contribution in [3.8, 4) is 11.1 Å². The molecule has 0 unspecified atom stereocenters. The molecule has 0 nitrogen and oxygen atoms in total. The molecule has 82 valence electrons. The van der Waals surface area contributed by atoms with Crippen molar-refractivity contribution in [3.63, 3.8) is 0 Å². The average molecular weight is 267 g/mol. The lowest BCUT2D eigenvalue weighted by atomic mass is 10.1. The third-order valence-electron chi connectivity index (χ3n) is 2.71. The fraction of sp³-hybridized carbons (Fsp3) is 0.0769. The molecule has 0 saturated heterocycles. The van der Waals surface area contributed by atoms with E-state index in [2.05, 4.69) is 48.5 Å². The predicted octanol–water partition coefficient (Wildman–Crippen LogP) is 3.72. The minimum absolute atomic E-state index is 0.639. The van der Waals surface area contributed by atoms with Crippen LogP contribution in [0, 0.1) is 0 Å². The fourth-order valence-electron chi connectivity index (χ4n) is 2.08. The van der Waals surface area contributed by atoms with Gasteiger partial charge in [-0.2, -0.15) is 22.2 Å². The van der Waals surface area contributed by atoms with Crippen LogP contribution < -0.4 is 0 Å². The van der Waals surface area contributed by atoms with Gasteiger partial charge in [-0.25, -0.2) is 0 Å². The molecule has 1 aliphatic rings. The molecule has 0 fully saturated rings. The van der Waals surface area contributed by atoms with Crippen LogP contribution in [0.5, 0.6) is 0 Å². The summed E-state index contributed by atoms with van der Waals surface area (Å²) in [5, 5.41) is 0. The molecule has 0 aliphatic heterocycles. The Kier molecular flexibility index (Phi) is 4.05. The molecule has 0 bridgehead atoms. The van der Waals surface area contributed by atoms with Crippen LogP contribution in [-0.4, -0.2) is 8.14 Å². The summed E-state index contributed by atoms with van der Waals surface area (Å²) in [4.78, 5) is 0. The van der Waals surface area contributed by atoms with Gasteiger partial charge < -0.3 is 0 Å². The van der Waals surface area contributed by atoms with Gasteiger partial charge in [-0.3, -0.25) is 0 Å². The van der Waals surface area contributed by atoms with Crippen LogP contribution in [0.15, 0.2) is 48.5 Å². The highest BCUT2D eigenvalue weighted by molar-refractivity contribution is 7.22. The predicted molar refractivity (Wildman–Crippen MR) is 74.9 cm³/mol. The van der Waals surface area contributed by atoms with E-state index in [0.29, 0.717) is 0 Å². The van der Waals surface area contributed by atoms with Crippen molar-refractivity contribution in [2.75, 3.05) is 0 Å². The van der Waals surface area contributed by atoms with Crippen LogP contribution in [0.25, 0.3) is 11.1 Å². The average Bonchev–Trinajstić information content (AvgIpc) is 2.68. The van der Waals surface area contributed by atoms with Crippen LogP contribution in [0.1, 0.15) is 11.1 Å². The van der Waals surface area contributed by atoms with Gasteiger partial charge >= 0.3 is 0 Å². The first kappa shape index (κ1) is 11.7. The highest BCUT2D eigenvalue weighted by atomic mass is 35.7. The highest BCUT2D eigenvalue weighted by Gasteiger charge is 2.15. The van der Waals surface area contributed by atoms with Crippen molar-refractivity contribution in [3.05, 3.63) is 59.7 Å². The van der Waals surface area contributed by atoms with Gasteiger partial charge in [-0.05, 0) is 28.7 Å². The van der Waals surface area contributed by atoms with Gasteiger partial charge in [-0.1, -0.05) is 48.5 Å². The summed E-state index contributed by atoms with van der Waals surface area (Å²) in [5.41, 5.74) is 5.75. The second kappa shape index (κ2) is 5.53. The zero-order chi connectivity index (χ0) is 11.4. The van der Waals surface area contributed by atoms with Gasteiger partial charge in [-0.15, -0.1) is 0 Å². The Labute approximate surface area is 107 Å². The van der Waals surface area contributed by atoms with E-state index < -0.39 is 8.14 Å². The maximum absolute atomic E-state index is 4.90. The van der Waals surface area contributed by atoms with Gasteiger partial charge in [0.1, 0.15) is 0 Å². The van der Waals surface area contributed by atoms with Crippen LogP contribution in [0.3, 0.4) is 0 Å². The smallest absolute Gasteiger partial charge is 0.155 e. The number of hydrogen-bond acceptors (Lipinski definition) is 0. The SMILES string of the molecule is Cl[SiH2]Cl.c1ccc2c(c1)Cc1ccccc1-2. The molecule has 2 aromatic carbocycles. The Morgan fingerprint density at radius 2 is 1.12 bits per heavy atom. The van der Waals surface area contributed by atoms with E-state index in [1.165, 1.54) is 22.3 Å². The van der Waals surface area contributed by atoms with Crippen LogP contribution >= 0.6 is 22.2 Å². The molecule has 0 spiro atoms. The van der Waals surface area contributed by atoms with E-state index in [-0.39, 0.29) is 0 Å². The van der Waals surface area contributed by atoms with Crippen molar-refractivity contribution in [2.45, 2.75) is 6.42 Å². The highest BCUT2D eigenvalue weighted by Crippen LogP contribution is 2.35. The molecule has 0 N–H and O–H groups in total. The number of halogens is 2. The summed E-state index contributed by atoms with van der Waals surface area (Å²) in [6.07, 6.45) is 1.10. The molecule has 0 amide bonds. The van der Waals surface area contributed by atoms with E-state index in [4.69, 9.17) is 22.2 Å². The Bertz CT molecular complexity index is 439. The molecule has 0 radical (unpaired) electrons. The van der Waals surface area contributed by atoms with E-state index in [1.807, 2.05) is 0 Å². The lowest BCUT2D eigenvalue weighted by Crippen LogP contribution is -1.77. The quantitative estimate of drug-likeness (QED) is 0.430. The van der Waals surface area contributed by atoms with Crippen molar-refractivity contribution in [1.29, 1.82) is 0 Å². The second-order valence-electron chi connectivity index (χ2n) is 3.59. The van der Waals surface area contributed by atoms with Gasteiger partial charge in [0.05, 0.1) is 0 Å². The van der Waals surface area contributed by atoms with E-state index >= 15 is 0 Å². The molecule has 0 heterocycles. The molecule has 1 aliphatic carbocycles. The van der Waals surface area contributed by atoms with Crippen molar-refractivity contribution >= 4 is 30.3 Å². The summed E-state index contributed by atoms with van der Waals surface area (Å²) in [6, 6.07) is 17.3. The largest absolute Gasteiger partial charge is 0.222 e. The third kappa shape index (κ3) is 2.32. The summed E-state index contributed by atoms with van der Waals surface area (Å²) in [7, 11) is -0.639. The molecule has 0 saturated carbocycles. The molecular weight excluding hydrogens is 255 g/mol. The Balaban J connectivity index is 0.000000292. The minimum Gasteiger partial charge on any atom is -0.155 e. The van der Waals surface area contributed by atoms with Crippen LogP contribution in [0.2, 0.25) is 0 Å². The normalized spacial score (nSPS) is 11.1. The summed E-state index contributed by atoms with van der Waals surface area (Å²) in [5.74, 6) is 0. The zero-order valence-corrected chi connectivity index (χ0v) is 11.7. The molecule has 0 aromatic heterocycles. The first-order chi connectivity index (χ1) is 7.86. The second-order valence-corrected chi connectivity index (χ2v) is 6.22. The van der Waals surface area contributed by atoms with E-state index in [1.54, 1.807) is 0 Å². The molecule has 16 heavy (non-hydrogen) atoms. The van der Waals surface area contributed by atoms with Gasteiger partial charge in [0, 0.05) is 0 Å². The maximum atomic E-state index is 4.90. The number of fused-ring (bicyclic) bond motifs is 3. The molecular formula is C13H12Cl2Si. The molecule has 3 rings (SSSR count). The maximum Gasteiger partial charge on any atom is 0.222 e. The van der Waals surface area contributed by atoms with Crippen molar-refractivity contribution in [2.24, 2.45) is 0 Å². The monoisotopic (exact) mass is 266 g/mol. The standard InChI is InChI=1S/C13H10.Cl2H2Si/c1-3-7-12-10(5-1)9-11-6-2-4-8-13(11)12;1-3-2/h1-8H,9H2;3H2. The van der Waals surface area contributed by atoms with Crippen molar-refractivity contribution in [1.82, 2.24) is 0 Å². The van der Waals surface area contributed by atoms with Gasteiger partial charge in [0.15, 0.2) is 0 Å². The number of benzene rings is 2. The van der Waals surface area contributed by atoms with Crippen LogP contribution in [0.4, 0.5) is 0 Å². The summed E-state index contributed by atoms with van der Waals surface area (Å²) in [6.45, 7) is 0. The van der Waals surface area contributed by atoms with Crippen LogP contribution in [-0.2, 0) is 6.42 Å². The van der Waals surface area contributed by atoms with E-state index in [0.717, 1.165) is 6.42 Å². The third-order valence-corrected chi connectivity index (χ3v) is 2.71. The lowest BCUT2D eigenvalue weighted by molar-refractivity contribution is 1.26. The van der Waals surface area contributed by atoms with E-state index in [9.17, 15) is 0 Å². The fourth-order valence-corrected chi connectivity index (χ4v) is 2.08. The number of rotatable bonds is 0. The Hall–Kier alpha value is -0.763. The minimum atomic E-state index is -0.639. The van der Waals surface area contributed by atoms with Crippen molar-refractivity contribution < 1.29 is 0 Å². The Morgan fingerprint density at radius 1 is 0.750 bits per heavy atom. The molecule has 0 atom stereocenters. The molecule has 3 heteroatoms. The summed E-state index contributed by atoms with van der Waals surface area (Å²) >= 11 is 9.81. The number of hydrogen-bond donors (Lipinski definition) is 0.